The molecule has 6 heteroatoms. The molecule has 0 spiro atoms. The monoisotopic (exact) mass is 334 g/mol. The Morgan fingerprint density at radius 3 is 2.74 bits per heavy atom. The van der Waals surface area contributed by atoms with Crippen molar-refractivity contribution in [1.82, 2.24) is 10.3 Å². The van der Waals surface area contributed by atoms with Gasteiger partial charge in [0.25, 0.3) is 5.91 Å². The van der Waals surface area contributed by atoms with Crippen molar-refractivity contribution in [2.75, 3.05) is 6.54 Å². The Morgan fingerprint density at radius 1 is 1.30 bits per heavy atom. The first kappa shape index (κ1) is 17.2. The van der Waals surface area contributed by atoms with Crippen LogP contribution in [0.15, 0.2) is 42.6 Å². The molecule has 0 fully saturated rings. The fourth-order valence-corrected chi connectivity index (χ4v) is 2.30. The molecule has 0 saturated heterocycles. The molecule has 0 radical (unpaired) electrons. The number of rotatable bonds is 6. The zero-order valence-electron chi connectivity index (χ0n) is 13.0. The average molecular weight is 335 g/mol. The van der Waals surface area contributed by atoms with Gasteiger partial charge < -0.3 is 15.2 Å². The van der Waals surface area contributed by atoms with E-state index < -0.39 is 12.0 Å². The highest BCUT2D eigenvalue weighted by atomic mass is 35.5. The van der Waals surface area contributed by atoms with Crippen LogP contribution in [0, 0.1) is 0 Å². The van der Waals surface area contributed by atoms with E-state index in [-0.39, 0.29) is 18.3 Å². The van der Waals surface area contributed by atoms with E-state index in [2.05, 4.69) is 10.3 Å². The molecule has 5 nitrogen and oxygen atoms in total. The number of aliphatic hydroxyl groups excluding tert-OH is 1. The molecule has 2 aromatic rings. The van der Waals surface area contributed by atoms with Crippen LogP contribution in [0.25, 0.3) is 0 Å². The van der Waals surface area contributed by atoms with Crippen molar-refractivity contribution in [2.24, 2.45) is 0 Å². The second-order valence-corrected chi connectivity index (χ2v) is 5.67. The second kappa shape index (κ2) is 7.94. The zero-order valence-corrected chi connectivity index (χ0v) is 13.7. The molecule has 23 heavy (non-hydrogen) atoms. The number of aliphatic hydroxyl groups is 1. The van der Waals surface area contributed by atoms with Crippen LogP contribution in [0.3, 0.4) is 0 Å². The first-order valence-corrected chi connectivity index (χ1v) is 7.69. The highest BCUT2D eigenvalue weighted by molar-refractivity contribution is 6.31. The number of hydrogen-bond donors (Lipinski definition) is 2. The van der Waals surface area contributed by atoms with Gasteiger partial charge >= 0.3 is 0 Å². The molecular formula is C17H19ClN2O3. The molecule has 0 saturated carbocycles. The van der Waals surface area contributed by atoms with E-state index >= 15 is 0 Å². The summed E-state index contributed by atoms with van der Waals surface area (Å²) in [4.78, 5) is 16.3. The standard InChI is InChI=1S/C17H19ClN2O3/c1-11(2)23-15-8-5-9-19-16(15)17(22)20-10-14(21)12-6-3-4-7-13(12)18/h3-9,11,14,21H,10H2,1-2H3,(H,20,22). The second-order valence-electron chi connectivity index (χ2n) is 5.26. The topological polar surface area (TPSA) is 71.5 Å². The van der Waals surface area contributed by atoms with E-state index in [1.54, 1.807) is 36.4 Å². The van der Waals surface area contributed by atoms with E-state index in [0.717, 1.165) is 0 Å². The third-order valence-electron chi connectivity index (χ3n) is 3.07. The fourth-order valence-electron chi connectivity index (χ4n) is 2.04. The van der Waals surface area contributed by atoms with Crippen molar-refractivity contribution < 1.29 is 14.6 Å². The van der Waals surface area contributed by atoms with Crippen LogP contribution in [0.5, 0.6) is 5.75 Å². The van der Waals surface area contributed by atoms with Crippen molar-refractivity contribution in [3.8, 4) is 5.75 Å². The van der Waals surface area contributed by atoms with Gasteiger partial charge in [0.2, 0.25) is 0 Å². The maximum absolute atomic E-state index is 12.3. The highest BCUT2D eigenvalue weighted by Gasteiger charge is 2.17. The average Bonchev–Trinajstić information content (AvgIpc) is 2.52. The first-order chi connectivity index (χ1) is 11.0. The third kappa shape index (κ3) is 4.68. The highest BCUT2D eigenvalue weighted by Crippen LogP contribution is 2.22. The summed E-state index contributed by atoms with van der Waals surface area (Å²) < 4.78 is 5.57. The molecular weight excluding hydrogens is 316 g/mol. The molecule has 2 N–H and O–H groups in total. The Hall–Kier alpha value is -2.11. The summed E-state index contributed by atoms with van der Waals surface area (Å²) in [7, 11) is 0. The van der Waals surface area contributed by atoms with Crippen molar-refractivity contribution in [3.05, 3.63) is 58.9 Å². The lowest BCUT2D eigenvalue weighted by molar-refractivity contribution is 0.0905. The summed E-state index contributed by atoms with van der Waals surface area (Å²) >= 11 is 6.03. The molecule has 0 aliphatic carbocycles. The van der Waals surface area contributed by atoms with Crippen LogP contribution in [0.2, 0.25) is 5.02 Å². The number of hydrogen-bond acceptors (Lipinski definition) is 4. The van der Waals surface area contributed by atoms with Gasteiger partial charge in [-0.3, -0.25) is 4.79 Å². The van der Waals surface area contributed by atoms with E-state index in [9.17, 15) is 9.90 Å². The van der Waals surface area contributed by atoms with Gasteiger partial charge in [0.15, 0.2) is 11.4 Å². The minimum Gasteiger partial charge on any atom is -0.489 e. The molecule has 1 aromatic carbocycles. The Bertz CT molecular complexity index is 676. The predicted octanol–water partition coefficient (Wildman–Crippen LogP) is 2.99. The molecule has 0 bridgehead atoms. The molecule has 1 atom stereocenters. The molecule has 2 rings (SSSR count). The number of carbonyl (C=O) groups excluding carboxylic acids is 1. The number of nitrogens with zero attached hydrogens (tertiary/aromatic N) is 1. The lowest BCUT2D eigenvalue weighted by Crippen LogP contribution is -2.29. The summed E-state index contributed by atoms with van der Waals surface area (Å²) in [6, 6.07) is 10.3. The third-order valence-corrected chi connectivity index (χ3v) is 3.41. The van der Waals surface area contributed by atoms with Gasteiger partial charge in [0.1, 0.15) is 0 Å². The number of pyridine rings is 1. The van der Waals surface area contributed by atoms with Crippen molar-refractivity contribution in [3.63, 3.8) is 0 Å². The maximum atomic E-state index is 12.3. The van der Waals surface area contributed by atoms with Gasteiger partial charge in [-0.1, -0.05) is 29.8 Å². The first-order valence-electron chi connectivity index (χ1n) is 7.31. The van der Waals surface area contributed by atoms with E-state index in [4.69, 9.17) is 16.3 Å². The molecule has 0 aliphatic rings. The SMILES string of the molecule is CC(C)Oc1cccnc1C(=O)NCC(O)c1ccccc1Cl. The van der Waals surface area contributed by atoms with Gasteiger partial charge in [-0.05, 0) is 32.0 Å². The van der Waals surface area contributed by atoms with Gasteiger partial charge in [0.05, 0.1) is 12.2 Å². The van der Waals surface area contributed by atoms with Gasteiger partial charge in [-0.25, -0.2) is 4.98 Å². The number of halogens is 1. The number of ether oxygens (including phenoxy) is 1. The molecule has 0 aliphatic heterocycles. The number of nitrogens with one attached hydrogen (secondary N) is 1. The smallest absolute Gasteiger partial charge is 0.273 e. The summed E-state index contributed by atoms with van der Waals surface area (Å²) in [6.07, 6.45) is 0.553. The van der Waals surface area contributed by atoms with E-state index in [1.807, 2.05) is 13.8 Å². The molecule has 1 unspecified atom stereocenters. The van der Waals surface area contributed by atoms with Gasteiger partial charge in [0, 0.05) is 23.3 Å². The maximum Gasteiger partial charge on any atom is 0.273 e. The Balaban J connectivity index is 2.04. The summed E-state index contributed by atoms with van der Waals surface area (Å²) in [5.41, 5.74) is 0.752. The largest absolute Gasteiger partial charge is 0.489 e. The van der Waals surface area contributed by atoms with Crippen LogP contribution in [-0.2, 0) is 0 Å². The normalized spacial score (nSPS) is 12.0. The van der Waals surface area contributed by atoms with Crippen LogP contribution < -0.4 is 10.1 Å². The Kier molecular flexibility index (Phi) is 5.96. The van der Waals surface area contributed by atoms with Crippen LogP contribution in [-0.4, -0.2) is 28.6 Å². The van der Waals surface area contributed by atoms with Crippen LogP contribution in [0.4, 0.5) is 0 Å². The van der Waals surface area contributed by atoms with Crippen LogP contribution in [0.1, 0.15) is 36.0 Å². The van der Waals surface area contributed by atoms with E-state index in [1.165, 1.54) is 6.20 Å². The van der Waals surface area contributed by atoms with Crippen molar-refractivity contribution in [2.45, 2.75) is 26.1 Å². The Labute approximate surface area is 140 Å². The van der Waals surface area contributed by atoms with Crippen molar-refractivity contribution in [1.29, 1.82) is 0 Å². The van der Waals surface area contributed by atoms with Crippen molar-refractivity contribution >= 4 is 17.5 Å². The quantitative estimate of drug-likeness (QED) is 0.852. The minimum absolute atomic E-state index is 0.0280. The fraction of sp³-hybridized carbons (Fsp3) is 0.294. The van der Waals surface area contributed by atoms with Crippen LogP contribution >= 0.6 is 11.6 Å². The molecule has 1 aromatic heterocycles. The Morgan fingerprint density at radius 2 is 2.04 bits per heavy atom. The predicted molar refractivity (Wildman–Crippen MR) is 88.7 cm³/mol. The summed E-state index contributed by atoms with van der Waals surface area (Å²) in [6.45, 7) is 3.77. The summed E-state index contributed by atoms with van der Waals surface area (Å²) in [5.74, 6) is -0.000383. The molecule has 122 valence electrons. The lowest BCUT2D eigenvalue weighted by Gasteiger charge is -2.15. The minimum atomic E-state index is -0.897. The number of benzene rings is 1. The van der Waals surface area contributed by atoms with E-state index in [0.29, 0.717) is 16.3 Å². The van der Waals surface area contributed by atoms with Gasteiger partial charge in [-0.15, -0.1) is 0 Å². The number of aromatic nitrogens is 1. The van der Waals surface area contributed by atoms with Gasteiger partial charge in [-0.2, -0.15) is 0 Å². The number of amides is 1. The number of carbonyl (C=O) groups is 1. The lowest BCUT2D eigenvalue weighted by atomic mass is 10.1. The molecule has 1 amide bonds. The summed E-state index contributed by atoms with van der Waals surface area (Å²) in [5, 5.41) is 13.3. The molecule has 1 heterocycles. The zero-order chi connectivity index (χ0) is 16.8.